The molecule has 0 aliphatic heterocycles. The van der Waals surface area contributed by atoms with Crippen molar-refractivity contribution in [1.29, 1.82) is 0 Å². The summed E-state index contributed by atoms with van der Waals surface area (Å²) in [7, 11) is 1.79. The standard InChI is InChI=1S/C18H31N3O2.HI/c1-4-22-14-6-5-12-20-18(19-3)21-13-7-15-23-17-10-8-16(2)9-11-17;/h8-11H,4-7,12-15H2,1-3H3,(H2,19,20,21);1H. The van der Waals surface area contributed by atoms with E-state index < -0.39 is 0 Å². The van der Waals surface area contributed by atoms with Gasteiger partial charge in [0.25, 0.3) is 0 Å². The minimum absolute atomic E-state index is 0. The third-order valence-electron chi connectivity index (χ3n) is 3.34. The molecular weight excluding hydrogens is 417 g/mol. The van der Waals surface area contributed by atoms with Crippen LogP contribution in [0.3, 0.4) is 0 Å². The van der Waals surface area contributed by atoms with Crippen molar-refractivity contribution in [3.05, 3.63) is 29.8 Å². The van der Waals surface area contributed by atoms with Crippen molar-refractivity contribution in [3.8, 4) is 5.75 Å². The van der Waals surface area contributed by atoms with Crippen LogP contribution in [-0.4, -0.2) is 45.9 Å². The van der Waals surface area contributed by atoms with Crippen LogP contribution >= 0.6 is 24.0 Å². The number of unbranched alkanes of at least 4 members (excludes halogenated alkanes) is 1. The fourth-order valence-electron chi connectivity index (χ4n) is 2.00. The molecule has 0 bridgehead atoms. The number of halogens is 1. The van der Waals surface area contributed by atoms with Gasteiger partial charge in [-0.15, -0.1) is 24.0 Å². The molecule has 1 rings (SSSR count). The number of aryl methyl sites for hydroxylation is 1. The van der Waals surface area contributed by atoms with Gasteiger partial charge in [-0.1, -0.05) is 17.7 Å². The number of ether oxygens (including phenoxy) is 2. The van der Waals surface area contributed by atoms with Gasteiger partial charge in [0.1, 0.15) is 5.75 Å². The van der Waals surface area contributed by atoms with Gasteiger partial charge in [-0.2, -0.15) is 0 Å². The molecule has 0 atom stereocenters. The number of aliphatic imine (C=N–C) groups is 1. The topological polar surface area (TPSA) is 54.9 Å². The maximum atomic E-state index is 5.70. The van der Waals surface area contributed by atoms with E-state index in [9.17, 15) is 0 Å². The number of hydrogen-bond acceptors (Lipinski definition) is 3. The average Bonchev–Trinajstić information content (AvgIpc) is 2.57. The van der Waals surface area contributed by atoms with E-state index in [0.717, 1.165) is 57.3 Å². The van der Waals surface area contributed by atoms with Crippen LogP contribution in [0, 0.1) is 6.92 Å². The number of benzene rings is 1. The summed E-state index contributed by atoms with van der Waals surface area (Å²) in [5.74, 6) is 1.77. The van der Waals surface area contributed by atoms with Crippen molar-refractivity contribution in [2.45, 2.75) is 33.1 Å². The molecule has 0 spiro atoms. The van der Waals surface area contributed by atoms with E-state index in [2.05, 4.69) is 34.7 Å². The van der Waals surface area contributed by atoms with Crippen molar-refractivity contribution in [2.24, 2.45) is 4.99 Å². The first-order chi connectivity index (χ1) is 11.3. The van der Waals surface area contributed by atoms with Gasteiger partial charge in [-0.25, -0.2) is 0 Å². The molecule has 1 aromatic carbocycles. The highest BCUT2D eigenvalue weighted by atomic mass is 127. The monoisotopic (exact) mass is 449 g/mol. The Labute approximate surface area is 163 Å². The lowest BCUT2D eigenvalue weighted by molar-refractivity contribution is 0.143. The summed E-state index contributed by atoms with van der Waals surface area (Å²) in [4.78, 5) is 4.21. The van der Waals surface area contributed by atoms with Crippen molar-refractivity contribution in [2.75, 3.05) is 40.0 Å². The molecule has 24 heavy (non-hydrogen) atoms. The Morgan fingerprint density at radius 3 is 2.29 bits per heavy atom. The molecule has 0 saturated carbocycles. The van der Waals surface area contributed by atoms with Gasteiger partial charge in [0.15, 0.2) is 5.96 Å². The summed E-state index contributed by atoms with van der Waals surface area (Å²) >= 11 is 0. The van der Waals surface area contributed by atoms with Gasteiger partial charge in [-0.3, -0.25) is 4.99 Å². The fraction of sp³-hybridized carbons (Fsp3) is 0.611. The van der Waals surface area contributed by atoms with Gasteiger partial charge in [0, 0.05) is 33.4 Å². The van der Waals surface area contributed by atoms with Gasteiger partial charge < -0.3 is 20.1 Å². The summed E-state index contributed by atoms with van der Waals surface area (Å²) < 4.78 is 11.0. The quantitative estimate of drug-likeness (QED) is 0.236. The second-order valence-corrected chi connectivity index (χ2v) is 5.34. The second kappa shape index (κ2) is 15.5. The van der Waals surface area contributed by atoms with E-state index >= 15 is 0 Å². The zero-order chi connectivity index (χ0) is 16.8. The van der Waals surface area contributed by atoms with Crippen LogP contribution in [0.4, 0.5) is 0 Å². The van der Waals surface area contributed by atoms with Crippen LogP contribution in [0.5, 0.6) is 5.75 Å². The van der Waals surface area contributed by atoms with E-state index in [-0.39, 0.29) is 24.0 Å². The first-order valence-electron chi connectivity index (χ1n) is 8.48. The van der Waals surface area contributed by atoms with Crippen LogP contribution in [0.15, 0.2) is 29.3 Å². The summed E-state index contributed by atoms with van der Waals surface area (Å²) in [5.41, 5.74) is 1.25. The number of guanidine groups is 1. The normalized spacial score (nSPS) is 10.9. The Morgan fingerprint density at radius 2 is 1.67 bits per heavy atom. The molecule has 0 aliphatic rings. The van der Waals surface area contributed by atoms with Gasteiger partial charge in [0.05, 0.1) is 6.61 Å². The van der Waals surface area contributed by atoms with E-state index in [1.165, 1.54) is 5.56 Å². The van der Waals surface area contributed by atoms with E-state index in [1.54, 1.807) is 7.05 Å². The molecule has 1 aromatic rings. The lowest BCUT2D eigenvalue weighted by atomic mass is 10.2. The molecule has 5 nitrogen and oxygen atoms in total. The Hall–Kier alpha value is -1.02. The van der Waals surface area contributed by atoms with Crippen LogP contribution in [0.1, 0.15) is 31.7 Å². The third kappa shape index (κ3) is 11.5. The maximum Gasteiger partial charge on any atom is 0.190 e. The van der Waals surface area contributed by atoms with Crippen molar-refractivity contribution in [1.82, 2.24) is 10.6 Å². The molecule has 0 aromatic heterocycles. The average molecular weight is 449 g/mol. The van der Waals surface area contributed by atoms with Crippen LogP contribution in [0.25, 0.3) is 0 Å². The Kier molecular flexibility index (Phi) is 14.8. The first-order valence-corrected chi connectivity index (χ1v) is 8.48. The molecule has 0 unspecified atom stereocenters. The highest BCUT2D eigenvalue weighted by molar-refractivity contribution is 14.0. The minimum Gasteiger partial charge on any atom is -0.494 e. The van der Waals surface area contributed by atoms with Crippen molar-refractivity contribution in [3.63, 3.8) is 0 Å². The lowest BCUT2D eigenvalue weighted by Crippen LogP contribution is -2.38. The van der Waals surface area contributed by atoms with Gasteiger partial charge >= 0.3 is 0 Å². The third-order valence-corrected chi connectivity index (χ3v) is 3.34. The van der Waals surface area contributed by atoms with Gasteiger partial charge in [0.2, 0.25) is 0 Å². The fourth-order valence-corrected chi connectivity index (χ4v) is 2.00. The highest BCUT2D eigenvalue weighted by Crippen LogP contribution is 2.11. The summed E-state index contributed by atoms with van der Waals surface area (Å²) in [6, 6.07) is 8.13. The molecule has 0 heterocycles. The number of nitrogens with one attached hydrogen (secondary N) is 2. The molecule has 0 fully saturated rings. The smallest absolute Gasteiger partial charge is 0.190 e. The Balaban J connectivity index is 0.00000529. The Morgan fingerprint density at radius 1 is 1.00 bits per heavy atom. The molecule has 0 radical (unpaired) electrons. The van der Waals surface area contributed by atoms with Crippen LogP contribution in [-0.2, 0) is 4.74 Å². The molecule has 138 valence electrons. The zero-order valence-corrected chi connectivity index (χ0v) is 17.5. The predicted molar refractivity (Wildman–Crippen MR) is 112 cm³/mol. The second-order valence-electron chi connectivity index (χ2n) is 5.34. The van der Waals surface area contributed by atoms with E-state index in [0.29, 0.717) is 6.61 Å². The van der Waals surface area contributed by atoms with E-state index in [1.807, 2.05) is 19.1 Å². The van der Waals surface area contributed by atoms with Crippen LogP contribution in [0.2, 0.25) is 0 Å². The SMILES string of the molecule is CCOCCCCNC(=NC)NCCCOc1ccc(C)cc1.I. The maximum absolute atomic E-state index is 5.70. The highest BCUT2D eigenvalue weighted by Gasteiger charge is 1.97. The minimum atomic E-state index is 0. The molecule has 2 N–H and O–H groups in total. The molecular formula is C18H32IN3O2. The molecule has 0 saturated heterocycles. The number of nitrogens with zero attached hydrogens (tertiary/aromatic N) is 1. The first kappa shape index (κ1) is 23.0. The van der Waals surface area contributed by atoms with Gasteiger partial charge in [-0.05, 0) is 45.2 Å². The largest absolute Gasteiger partial charge is 0.494 e. The van der Waals surface area contributed by atoms with Crippen LogP contribution < -0.4 is 15.4 Å². The van der Waals surface area contributed by atoms with Crippen molar-refractivity contribution < 1.29 is 9.47 Å². The molecule has 0 amide bonds. The predicted octanol–water partition coefficient (Wildman–Crippen LogP) is 3.36. The summed E-state index contributed by atoms with van der Waals surface area (Å²) in [6.45, 7) is 8.16. The zero-order valence-electron chi connectivity index (χ0n) is 15.1. The number of hydrogen-bond donors (Lipinski definition) is 2. The lowest BCUT2D eigenvalue weighted by Gasteiger charge is -2.12. The van der Waals surface area contributed by atoms with E-state index in [4.69, 9.17) is 9.47 Å². The molecule has 0 aliphatic carbocycles. The van der Waals surface area contributed by atoms with Crippen molar-refractivity contribution >= 4 is 29.9 Å². The Bertz CT molecular complexity index is 438. The number of rotatable bonds is 11. The molecule has 6 heteroatoms. The summed E-state index contributed by atoms with van der Waals surface area (Å²) in [5, 5.41) is 6.60. The summed E-state index contributed by atoms with van der Waals surface area (Å²) in [6.07, 6.45) is 3.08.